The van der Waals surface area contributed by atoms with Crippen LogP contribution in [0.2, 0.25) is 0 Å². The fourth-order valence-corrected chi connectivity index (χ4v) is 0.902. The third-order valence-electron chi connectivity index (χ3n) is 1.67. The van der Waals surface area contributed by atoms with Crippen LogP contribution in [0.3, 0.4) is 0 Å². The molecule has 0 fully saturated rings. The lowest BCUT2D eigenvalue weighted by atomic mass is 10.1. The summed E-state index contributed by atoms with van der Waals surface area (Å²) in [4.78, 5) is 10.7. The Labute approximate surface area is 81.3 Å². The van der Waals surface area contributed by atoms with E-state index in [1.165, 1.54) is 7.11 Å². The van der Waals surface area contributed by atoms with Crippen LogP contribution in [0.5, 0.6) is 0 Å². The van der Waals surface area contributed by atoms with Gasteiger partial charge in [-0.15, -0.1) is 0 Å². The summed E-state index contributed by atoms with van der Waals surface area (Å²) in [5.74, 6) is 0.142. The van der Waals surface area contributed by atoms with Crippen molar-refractivity contribution in [3.63, 3.8) is 0 Å². The van der Waals surface area contributed by atoms with E-state index in [1.807, 2.05) is 0 Å². The van der Waals surface area contributed by atoms with Gasteiger partial charge in [-0.3, -0.25) is 0 Å². The summed E-state index contributed by atoms with van der Waals surface area (Å²) < 4.78 is 9.50. The predicted molar refractivity (Wildman–Crippen MR) is 49.0 cm³/mol. The fourth-order valence-electron chi connectivity index (χ4n) is 0.902. The Morgan fingerprint density at radius 1 is 1.64 bits per heavy atom. The highest BCUT2D eigenvalue weighted by Crippen LogP contribution is 2.09. The van der Waals surface area contributed by atoms with Crippen molar-refractivity contribution in [3.8, 4) is 0 Å². The Morgan fingerprint density at radius 3 is 2.93 bits per heavy atom. The molecule has 0 aliphatic heterocycles. The number of ether oxygens (including phenoxy) is 2. The van der Waals surface area contributed by atoms with E-state index >= 15 is 0 Å². The molecule has 1 N–H and O–H groups in total. The van der Waals surface area contributed by atoms with Crippen LogP contribution < -0.4 is 0 Å². The highest BCUT2D eigenvalue weighted by atomic mass is 16.6. The maximum Gasteiger partial charge on any atom is 0.343 e. The lowest BCUT2D eigenvalue weighted by molar-refractivity contribution is -0.144. The third kappa shape index (κ3) is 2.93. The zero-order valence-electron chi connectivity index (χ0n) is 7.77. The topological polar surface area (TPSA) is 68.1 Å². The van der Waals surface area contributed by atoms with Crippen molar-refractivity contribution < 1.29 is 19.5 Å². The number of oxime groups is 1. The summed E-state index contributed by atoms with van der Waals surface area (Å²) in [5.41, 5.74) is 0.551. The van der Waals surface area contributed by atoms with E-state index in [0.29, 0.717) is 17.9 Å². The van der Waals surface area contributed by atoms with Crippen LogP contribution in [0.4, 0.5) is 0 Å². The molecule has 0 aromatic carbocycles. The summed E-state index contributed by atoms with van der Waals surface area (Å²) in [5, 5.41) is 11.5. The van der Waals surface area contributed by atoms with Crippen molar-refractivity contribution in [2.75, 3.05) is 13.7 Å². The lowest BCUT2D eigenvalue weighted by Crippen LogP contribution is -2.10. The molecule has 0 amide bonds. The van der Waals surface area contributed by atoms with Gasteiger partial charge < -0.3 is 14.7 Å². The molecule has 0 aromatic rings. The number of hydrogen-bond donors (Lipinski definition) is 1. The number of methoxy groups -OCH3 is 1. The van der Waals surface area contributed by atoms with Gasteiger partial charge in [0.25, 0.3) is 0 Å². The molecule has 0 radical (unpaired) electrons. The molecule has 0 aromatic heterocycles. The molecule has 0 spiro atoms. The maximum atomic E-state index is 10.7. The van der Waals surface area contributed by atoms with Gasteiger partial charge in [0, 0.05) is 6.42 Å². The van der Waals surface area contributed by atoms with Crippen molar-refractivity contribution in [1.82, 2.24) is 0 Å². The number of carbonyl (C=O) groups is 1. The second kappa shape index (κ2) is 5.06. The molecule has 1 rings (SSSR count). The van der Waals surface area contributed by atoms with Crippen molar-refractivity contribution in [3.05, 3.63) is 24.0 Å². The first-order valence-electron chi connectivity index (χ1n) is 4.05. The van der Waals surface area contributed by atoms with E-state index in [9.17, 15) is 4.79 Å². The first-order chi connectivity index (χ1) is 6.76. The molecule has 5 heteroatoms. The highest BCUT2D eigenvalue weighted by molar-refractivity contribution is 5.96. The molecular formula is C9H11NO4. The van der Waals surface area contributed by atoms with Gasteiger partial charge in [0.05, 0.1) is 12.8 Å². The number of rotatable bonds is 3. The number of allylic oxidation sites excluding steroid dienone is 3. The molecule has 1 aliphatic carbocycles. The molecular weight excluding hydrogens is 186 g/mol. The van der Waals surface area contributed by atoms with Crippen molar-refractivity contribution in [2.24, 2.45) is 5.16 Å². The number of hydrogen-bond acceptors (Lipinski definition) is 5. The summed E-state index contributed by atoms with van der Waals surface area (Å²) in [7, 11) is 1.30. The average Bonchev–Trinajstić information content (AvgIpc) is 2.26. The molecule has 5 nitrogen and oxygen atoms in total. The second-order valence-electron chi connectivity index (χ2n) is 2.60. The van der Waals surface area contributed by atoms with Crippen molar-refractivity contribution >= 4 is 11.7 Å². The minimum atomic E-state index is -0.430. The van der Waals surface area contributed by atoms with Crippen LogP contribution in [0, 0.1) is 0 Å². The minimum absolute atomic E-state index is 0.113. The molecule has 0 bridgehead atoms. The normalized spacial score (nSPS) is 17.8. The molecule has 0 saturated heterocycles. The van der Waals surface area contributed by atoms with Gasteiger partial charge in [-0.1, -0.05) is 5.16 Å². The molecule has 0 atom stereocenters. The quantitative estimate of drug-likeness (QED) is 0.413. The van der Waals surface area contributed by atoms with Gasteiger partial charge >= 0.3 is 5.97 Å². The molecule has 14 heavy (non-hydrogen) atoms. The van der Waals surface area contributed by atoms with Crippen LogP contribution in [0.15, 0.2) is 29.1 Å². The zero-order valence-corrected chi connectivity index (χ0v) is 7.77. The van der Waals surface area contributed by atoms with Crippen LogP contribution >= 0.6 is 0 Å². The summed E-state index contributed by atoms with van der Waals surface area (Å²) in [6.07, 6.45) is 5.45. The molecule has 0 saturated carbocycles. The van der Waals surface area contributed by atoms with E-state index < -0.39 is 5.97 Å². The lowest BCUT2D eigenvalue weighted by Gasteiger charge is -2.08. The van der Waals surface area contributed by atoms with E-state index in [2.05, 4.69) is 9.89 Å². The SMILES string of the molecule is COC(=O)COC1=CCC(=NO)C=C1. The average molecular weight is 197 g/mol. The Hall–Kier alpha value is -1.78. The largest absolute Gasteiger partial charge is 0.482 e. The van der Waals surface area contributed by atoms with Crippen molar-refractivity contribution in [1.29, 1.82) is 0 Å². The van der Waals surface area contributed by atoms with Crippen LogP contribution in [-0.4, -0.2) is 30.6 Å². The minimum Gasteiger partial charge on any atom is -0.482 e. The second-order valence-corrected chi connectivity index (χ2v) is 2.60. The highest BCUT2D eigenvalue weighted by Gasteiger charge is 2.06. The zero-order chi connectivity index (χ0) is 10.4. The number of esters is 1. The van der Waals surface area contributed by atoms with E-state index in [1.54, 1.807) is 18.2 Å². The van der Waals surface area contributed by atoms with Gasteiger partial charge in [-0.05, 0) is 18.2 Å². The molecule has 1 aliphatic rings. The first kappa shape index (κ1) is 10.3. The summed E-state index contributed by atoms with van der Waals surface area (Å²) in [6.45, 7) is -0.113. The smallest absolute Gasteiger partial charge is 0.343 e. The van der Waals surface area contributed by atoms with Gasteiger partial charge in [-0.25, -0.2) is 4.79 Å². The number of carbonyl (C=O) groups excluding carboxylic acids is 1. The Bertz CT molecular complexity index is 304. The van der Waals surface area contributed by atoms with Gasteiger partial charge in [0.2, 0.25) is 0 Å². The van der Waals surface area contributed by atoms with Crippen molar-refractivity contribution in [2.45, 2.75) is 6.42 Å². The van der Waals surface area contributed by atoms with Crippen LogP contribution in [0.25, 0.3) is 0 Å². The summed E-state index contributed by atoms with van der Waals surface area (Å²) in [6, 6.07) is 0. The van der Waals surface area contributed by atoms with Crippen LogP contribution in [-0.2, 0) is 14.3 Å². The van der Waals surface area contributed by atoms with Gasteiger partial charge in [-0.2, -0.15) is 0 Å². The number of nitrogens with zero attached hydrogens (tertiary/aromatic N) is 1. The standard InChI is InChI=1S/C9H11NO4/c1-13-9(11)6-14-8-4-2-7(10-12)3-5-8/h2,4-5,12H,3,6H2,1H3. The van der Waals surface area contributed by atoms with E-state index in [-0.39, 0.29) is 6.61 Å². The fraction of sp³-hybridized carbons (Fsp3) is 0.333. The molecule has 0 heterocycles. The van der Waals surface area contributed by atoms with Crippen LogP contribution in [0.1, 0.15) is 6.42 Å². The Morgan fingerprint density at radius 2 is 2.43 bits per heavy atom. The maximum absolute atomic E-state index is 10.7. The third-order valence-corrected chi connectivity index (χ3v) is 1.67. The Kier molecular flexibility index (Phi) is 3.72. The molecule has 0 unspecified atom stereocenters. The molecule has 76 valence electrons. The first-order valence-corrected chi connectivity index (χ1v) is 4.05. The predicted octanol–water partition coefficient (Wildman–Crippen LogP) is 0.850. The Balaban J connectivity index is 2.39. The van der Waals surface area contributed by atoms with Gasteiger partial charge in [0.15, 0.2) is 6.61 Å². The monoisotopic (exact) mass is 197 g/mol. The van der Waals surface area contributed by atoms with E-state index in [4.69, 9.17) is 9.94 Å². The van der Waals surface area contributed by atoms with Gasteiger partial charge in [0.1, 0.15) is 5.76 Å². The summed E-state index contributed by atoms with van der Waals surface area (Å²) >= 11 is 0. The van der Waals surface area contributed by atoms with E-state index in [0.717, 1.165) is 0 Å².